The van der Waals surface area contributed by atoms with Crippen LogP contribution in [0.3, 0.4) is 0 Å². The van der Waals surface area contributed by atoms with Crippen LogP contribution in [0.5, 0.6) is 0 Å². The van der Waals surface area contributed by atoms with Gasteiger partial charge in [-0.05, 0) is 17.7 Å². The SMILES string of the molecule is O=Cc1c(F)cc(-c2cnn(C(F)(F)F)c2)cc1F. The summed E-state index contributed by atoms with van der Waals surface area (Å²) in [5.74, 6) is -2.30. The highest BCUT2D eigenvalue weighted by atomic mass is 19.4. The van der Waals surface area contributed by atoms with Gasteiger partial charge in [0.2, 0.25) is 0 Å². The van der Waals surface area contributed by atoms with E-state index in [0.29, 0.717) is 6.20 Å². The Kier molecular flexibility index (Phi) is 3.09. The summed E-state index contributed by atoms with van der Waals surface area (Å²) in [6.45, 7) is 0. The third-order valence-corrected chi connectivity index (χ3v) is 2.37. The van der Waals surface area contributed by atoms with E-state index in [1.54, 1.807) is 0 Å². The van der Waals surface area contributed by atoms with E-state index in [-0.39, 0.29) is 22.1 Å². The minimum absolute atomic E-state index is 0.00637. The van der Waals surface area contributed by atoms with Gasteiger partial charge in [0, 0.05) is 11.8 Å². The molecule has 0 unspecified atom stereocenters. The first kappa shape index (κ1) is 13.2. The Morgan fingerprint density at radius 3 is 2.11 bits per heavy atom. The Morgan fingerprint density at radius 2 is 1.68 bits per heavy atom. The van der Waals surface area contributed by atoms with Crippen molar-refractivity contribution in [1.82, 2.24) is 9.78 Å². The highest BCUT2D eigenvalue weighted by molar-refractivity contribution is 5.77. The van der Waals surface area contributed by atoms with Crippen LogP contribution in [-0.4, -0.2) is 16.1 Å². The molecule has 0 aliphatic heterocycles. The molecule has 1 aromatic heterocycles. The maximum absolute atomic E-state index is 13.3. The van der Waals surface area contributed by atoms with E-state index in [1.807, 2.05) is 0 Å². The lowest BCUT2D eigenvalue weighted by Crippen LogP contribution is -2.16. The number of hydrogen-bond donors (Lipinski definition) is 0. The molecule has 0 fully saturated rings. The molecule has 19 heavy (non-hydrogen) atoms. The van der Waals surface area contributed by atoms with Gasteiger partial charge in [-0.2, -0.15) is 9.78 Å². The van der Waals surface area contributed by atoms with Crippen molar-refractivity contribution < 1.29 is 26.7 Å². The van der Waals surface area contributed by atoms with Crippen molar-refractivity contribution in [2.45, 2.75) is 6.30 Å². The van der Waals surface area contributed by atoms with Crippen LogP contribution in [0, 0.1) is 11.6 Å². The van der Waals surface area contributed by atoms with Crippen LogP contribution >= 0.6 is 0 Å². The summed E-state index contributed by atoms with van der Waals surface area (Å²) in [6.07, 6.45) is -3.30. The predicted octanol–water partition coefficient (Wildman–Crippen LogP) is 3.12. The number of hydrogen-bond acceptors (Lipinski definition) is 2. The molecule has 2 rings (SSSR count). The highest BCUT2D eigenvalue weighted by Crippen LogP contribution is 2.27. The zero-order chi connectivity index (χ0) is 14.2. The van der Waals surface area contributed by atoms with E-state index in [0.717, 1.165) is 18.3 Å². The molecule has 0 N–H and O–H groups in total. The summed E-state index contributed by atoms with van der Waals surface area (Å²) in [6, 6.07) is 1.54. The van der Waals surface area contributed by atoms with Gasteiger partial charge < -0.3 is 0 Å². The van der Waals surface area contributed by atoms with E-state index in [2.05, 4.69) is 5.10 Å². The zero-order valence-corrected chi connectivity index (χ0v) is 9.08. The van der Waals surface area contributed by atoms with E-state index < -0.39 is 23.5 Å². The molecule has 0 aliphatic rings. The first-order chi connectivity index (χ1) is 8.82. The van der Waals surface area contributed by atoms with Gasteiger partial charge in [0.15, 0.2) is 6.29 Å². The van der Waals surface area contributed by atoms with Crippen LogP contribution in [0.25, 0.3) is 11.1 Å². The van der Waals surface area contributed by atoms with Gasteiger partial charge in [0.1, 0.15) is 11.6 Å². The van der Waals surface area contributed by atoms with Crippen LogP contribution in [0.15, 0.2) is 24.5 Å². The first-order valence-electron chi connectivity index (χ1n) is 4.89. The summed E-state index contributed by atoms with van der Waals surface area (Å²) < 4.78 is 63.2. The number of carbonyl (C=O) groups excluding carboxylic acids is 1. The molecule has 0 saturated carbocycles. The molecular formula is C11H5F5N2O. The summed E-state index contributed by atoms with van der Waals surface area (Å²) in [4.78, 5) is 10.4. The monoisotopic (exact) mass is 276 g/mol. The molecule has 3 nitrogen and oxygen atoms in total. The van der Waals surface area contributed by atoms with Crippen LogP contribution < -0.4 is 0 Å². The molecule has 100 valence electrons. The second-order valence-electron chi connectivity index (χ2n) is 3.61. The Hall–Kier alpha value is -2.25. The third-order valence-electron chi connectivity index (χ3n) is 2.37. The molecular weight excluding hydrogens is 271 g/mol. The van der Waals surface area contributed by atoms with E-state index in [4.69, 9.17) is 0 Å². The Labute approximate surface area is 103 Å². The topological polar surface area (TPSA) is 34.9 Å². The number of nitrogens with zero attached hydrogens (tertiary/aromatic N) is 2. The Bertz CT molecular complexity index is 609. The van der Waals surface area contributed by atoms with Crippen molar-refractivity contribution in [3.05, 3.63) is 41.7 Å². The molecule has 0 aliphatic carbocycles. The average molecular weight is 276 g/mol. The quantitative estimate of drug-likeness (QED) is 0.624. The number of alkyl halides is 3. The van der Waals surface area contributed by atoms with Gasteiger partial charge in [-0.25, -0.2) is 8.78 Å². The third kappa shape index (κ3) is 2.47. The van der Waals surface area contributed by atoms with Crippen molar-refractivity contribution in [1.29, 1.82) is 0 Å². The number of aldehydes is 1. The number of aromatic nitrogens is 2. The average Bonchev–Trinajstić information content (AvgIpc) is 2.77. The van der Waals surface area contributed by atoms with E-state index >= 15 is 0 Å². The lowest BCUT2D eigenvalue weighted by Gasteiger charge is -2.04. The van der Waals surface area contributed by atoms with Gasteiger partial charge in [-0.1, -0.05) is 0 Å². The summed E-state index contributed by atoms with van der Waals surface area (Å²) >= 11 is 0. The van der Waals surface area contributed by atoms with Gasteiger partial charge in [-0.3, -0.25) is 4.79 Å². The first-order valence-corrected chi connectivity index (χ1v) is 4.89. The largest absolute Gasteiger partial charge is 0.504 e. The fraction of sp³-hybridized carbons (Fsp3) is 0.0909. The highest BCUT2D eigenvalue weighted by Gasteiger charge is 2.31. The molecule has 0 atom stereocenters. The van der Waals surface area contributed by atoms with Crippen LogP contribution in [-0.2, 0) is 6.30 Å². The Morgan fingerprint density at radius 1 is 1.11 bits per heavy atom. The van der Waals surface area contributed by atoms with Gasteiger partial charge in [0.25, 0.3) is 0 Å². The minimum Gasteiger partial charge on any atom is -0.298 e. The van der Waals surface area contributed by atoms with Crippen molar-refractivity contribution >= 4 is 6.29 Å². The number of halogens is 5. The number of carbonyl (C=O) groups is 1. The fourth-order valence-corrected chi connectivity index (χ4v) is 1.47. The smallest absolute Gasteiger partial charge is 0.298 e. The fourth-order valence-electron chi connectivity index (χ4n) is 1.47. The van der Waals surface area contributed by atoms with Crippen LogP contribution in [0.1, 0.15) is 10.4 Å². The van der Waals surface area contributed by atoms with Crippen molar-refractivity contribution in [3.8, 4) is 11.1 Å². The molecule has 2 aromatic rings. The lowest BCUT2D eigenvalue weighted by atomic mass is 10.1. The maximum Gasteiger partial charge on any atom is 0.504 e. The molecule has 0 bridgehead atoms. The maximum atomic E-state index is 13.3. The second kappa shape index (κ2) is 4.45. The molecule has 1 aromatic carbocycles. The molecule has 0 saturated heterocycles. The van der Waals surface area contributed by atoms with Crippen LogP contribution in [0.4, 0.5) is 22.0 Å². The molecule has 0 amide bonds. The predicted molar refractivity (Wildman–Crippen MR) is 54.3 cm³/mol. The van der Waals surface area contributed by atoms with Crippen molar-refractivity contribution in [2.75, 3.05) is 0 Å². The normalized spacial score (nSPS) is 11.6. The second-order valence-corrected chi connectivity index (χ2v) is 3.61. The zero-order valence-electron chi connectivity index (χ0n) is 9.08. The molecule has 8 heteroatoms. The van der Waals surface area contributed by atoms with Gasteiger partial charge in [-0.15, -0.1) is 13.2 Å². The summed E-state index contributed by atoms with van der Waals surface area (Å²) in [7, 11) is 0. The van der Waals surface area contributed by atoms with E-state index in [9.17, 15) is 26.7 Å². The summed E-state index contributed by atoms with van der Waals surface area (Å²) in [5, 5.41) is 3.04. The van der Waals surface area contributed by atoms with Gasteiger partial charge >= 0.3 is 6.30 Å². The Balaban J connectivity index is 2.48. The van der Waals surface area contributed by atoms with Crippen molar-refractivity contribution in [3.63, 3.8) is 0 Å². The summed E-state index contributed by atoms with van der Waals surface area (Å²) in [5.41, 5.74) is -1.03. The van der Waals surface area contributed by atoms with E-state index in [1.165, 1.54) is 0 Å². The van der Waals surface area contributed by atoms with Gasteiger partial charge in [0.05, 0.1) is 11.8 Å². The molecule has 0 spiro atoms. The standard InChI is InChI=1S/C11H5F5N2O/c12-9-1-6(2-10(13)8(9)5-19)7-3-17-18(4-7)11(14,15)16/h1-5H. The van der Waals surface area contributed by atoms with Crippen LogP contribution in [0.2, 0.25) is 0 Å². The number of rotatable bonds is 2. The molecule has 0 radical (unpaired) electrons. The number of benzene rings is 1. The lowest BCUT2D eigenvalue weighted by molar-refractivity contribution is -0.212. The molecule has 1 heterocycles. The van der Waals surface area contributed by atoms with Crippen molar-refractivity contribution in [2.24, 2.45) is 0 Å². The minimum atomic E-state index is -4.71.